The number of carbonyl (C=O) groups is 1. The summed E-state index contributed by atoms with van der Waals surface area (Å²) in [5.41, 5.74) is 1.53. The van der Waals surface area contributed by atoms with Crippen molar-refractivity contribution in [3.05, 3.63) is 11.5 Å². The van der Waals surface area contributed by atoms with Crippen LogP contribution in [0.1, 0.15) is 0 Å². The molecular weight excluding hydrogens is 152 g/mol. The smallest absolute Gasteiger partial charge is 0.278 e. The van der Waals surface area contributed by atoms with E-state index >= 15 is 0 Å². The van der Waals surface area contributed by atoms with Crippen LogP contribution in [0, 0.1) is 0 Å². The van der Waals surface area contributed by atoms with Gasteiger partial charge in [0, 0.05) is 6.21 Å². The molecule has 0 aromatic rings. The third-order valence-corrected chi connectivity index (χ3v) is 1.84. The fourth-order valence-electron chi connectivity index (χ4n) is 0.503. The highest BCUT2D eigenvalue weighted by Crippen LogP contribution is 2.15. The second-order valence-corrected chi connectivity index (χ2v) is 2.58. The molecule has 1 heterocycles. The van der Waals surface area contributed by atoms with Gasteiger partial charge in [0.2, 0.25) is 0 Å². The first-order chi connectivity index (χ1) is 4.84. The monoisotopic (exact) mass is 158 g/mol. The van der Waals surface area contributed by atoms with Crippen molar-refractivity contribution in [3.63, 3.8) is 0 Å². The van der Waals surface area contributed by atoms with E-state index in [1.807, 2.05) is 0 Å². The van der Waals surface area contributed by atoms with Gasteiger partial charge < -0.3 is 0 Å². The summed E-state index contributed by atoms with van der Waals surface area (Å²) in [6, 6.07) is 0. The van der Waals surface area contributed by atoms with Crippen LogP contribution in [0.15, 0.2) is 16.5 Å². The van der Waals surface area contributed by atoms with Crippen molar-refractivity contribution in [2.75, 3.05) is 0 Å². The topological polar surface area (TPSA) is 61.7 Å². The van der Waals surface area contributed by atoms with Crippen molar-refractivity contribution in [1.29, 1.82) is 0 Å². The number of nitrogens with zero attached hydrogens (tertiary/aromatic N) is 1. The third-order valence-electron chi connectivity index (χ3n) is 0.928. The molecule has 2 N–H and O–H groups in total. The average Bonchev–Trinajstić information content (AvgIpc) is 2.05. The molecule has 0 fully saturated rings. The maximum Gasteiger partial charge on any atom is 0.278 e. The number of hydroxylamine groups is 1. The van der Waals surface area contributed by atoms with Gasteiger partial charge in [-0.25, -0.2) is 5.48 Å². The van der Waals surface area contributed by atoms with E-state index in [1.165, 1.54) is 23.5 Å². The standard InChI is InChI=1S/C5H6N2O2S/c8-4(7-9)5-6-2-1-3-10-5/h1-3,5,9H,(H,7,8). The molecule has 0 spiro atoms. The van der Waals surface area contributed by atoms with Crippen LogP contribution >= 0.6 is 11.8 Å². The second-order valence-electron chi connectivity index (χ2n) is 1.59. The number of hydrogen-bond donors (Lipinski definition) is 2. The van der Waals surface area contributed by atoms with E-state index in [0.717, 1.165) is 0 Å². The first-order valence-corrected chi connectivity index (χ1v) is 3.56. The minimum atomic E-state index is -0.532. The van der Waals surface area contributed by atoms with Gasteiger partial charge in [0.25, 0.3) is 5.91 Å². The van der Waals surface area contributed by atoms with Crippen LogP contribution < -0.4 is 5.48 Å². The quantitative estimate of drug-likeness (QED) is 0.422. The SMILES string of the molecule is O=C(NO)C1N=CC=CS1. The summed E-state index contributed by atoms with van der Waals surface area (Å²) in [6.45, 7) is 0. The Bertz CT molecular complexity index is 190. The zero-order valence-electron chi connectivity index (χ0n) is 5.02. The fraction of sp³-hybridized carbons (Fsp3) is 0.200. The minimum Gasteiger partial charge on any atom is -0.289 e. The van der Waals surface area contributed by atoms with Crippen molar-refractivity contribution >= 4 is 23.9 Å². The molecule has 0 saturated carbocycles. The molecule has 1 unspecified atom stereocenters. The summed E-state index contributed by atoms with van der Waals surface area (Å²) in [5, 5.41) is 9.39. The van der Waals surface area contributed by atoms with E-state index in [4.69, 9.17) is 5.21 Å². The van der Waals surface area contributed by atoms with Gasteiger partial charge in [-0.3, -0.25) is 15.0 Å². The van der Waals surface area contributed by atoms with Crippen molar-refractivity contribution < 1.29 is 10.0 Å². The lowest BCUT2D eigenvalue weighted by Crippen LogP contribution is -2.28. The van der Waals surface area contributed by atoms with E-state index < -0.39 is 11.3 Å². The third kappa shape index (κ3) is 1.58. The van der Waals surface area contributed by atoms with Gasteiger partial charge in [-0.15, -0.1) is 0 Å². The van der Waals surface area contributed by atoms with E-state index in [1.54, 1.807) is 11.5 Å². The number of nitrogens with one attached hydrogen (secondary N) is 1. The molecule has 10 heavy (non-hydrogen) atoms. The number of hydrogen-bond acceptors (Lipinski definition) is 4. The maximum atomic E-state index is 10.6. The minimum absolute atomic E-state index is 0.495. The molecular formula is C5H6N2O2S. The highest BCUT2D eigenvalue weighted by atomic mass is 32.2. The number of allylic oxidation sites excluding steroid dienone is 1. The number of carbonyl (C=O) groups excluding carboxylic acids is 1. The van der Waals surface area contributed by atoms with Crippen LogP contribution in [-0.2, 0) is 4.79 Å². The van der Waals surface area contributed by atoms with Gasteiger partial charge in [-0.1, -0.05) is 11.8 Å². The average molecular weight is 158 g/mol. The molecule has 0 aromatic carbocycles. The summed E-state index contributed by atoms with van der Waals surface area (Å²) in [6.07, 6.45) is 3.25. The highest BCUT2D eigenvalue weighted by Gasteiger charge is 2.15. The molecule has 1 amide bonds. The first kappa shape index (κ1) is 7.30. The van der Waals surface area contributed by atoms with E-state index in [2.05, 4.69) is 4.99 Å². The maximum absolute atomic E-state index is 10.6. The Morgan fingerprint density at radius 1 is 1.80 bits per heavy atom. The Morgan fingerprint density at radius 2 is 2.60 bits per heavy atom. The van der Waals surface area contributed by atoms with Crippen molar-refractivity contribution in [2.45, 2.75) is 5.37 Å². The molecule has 4 nitrogen and oxygen atoms in total. The number of aliphatic imine (C=N–C) groups is 1. The van der Waals surface area contributed by atoms with Gasteiger partial charge in [-0.2, -0.15) is 0 Å². The Kier molecular flexibility index (Phi) is 2.47. The van der Waals surface area contributed by atoms with Crippen LogP contribution in [0.2, 0.25) is 0 Å². The molecule has 0 aromatic heterocycles. The zero-order chi connectivity index (χ0) is 7.40. The molecule has 1 rings (SSSR count). The lowest BCUT2D eigenvalue weighted by atomic mass is 10.6. The van der Waals surface area contributed by atoms with E-state index in [-0.39, 0.29) is 0 Å². The normalized spacial score (nSPS) is 22.7. The van der Waals surface area contributed by atoms with Gasteiger partial charge in [0.1, 0.15) is 0 Å². The van der Waals surface area contributed by atoms with Crippen LogP contribution in [-0.4, -0.2) is 22.7 Å². The first-order valence-electron chi connectivity index (χ1n) is 2.62. The molecule has 1 aliphatic rings. The molecule has 1 atom stereocenters. The molecule has 0 saturated heterocycles. The van der Waals surface area contributed by atoms with E-state index in [0.29, 0.717) is 0 Å². The molecule has 54 valence electrons. The molecule has 1 aliphatic heterocycles. The molecule has 5 heteroatoms. The predicted octanol–water partition coefficient (Wildman–Crippen LogP) is 0.149. The molecule has 0 bridgehead atoms. The van der Waals surface area contributed by atoms with Crippen LogP contribution in [0.25, 0.3) is 0 Å². The Labute approximate surface area is 62.0 Å². The van der Waals surface area contributed by atoms with Crippen molar-refractivity contribution in [2.24, 2.45) is 4.99 Å². The fourth-order valence-corrected chi connectivity index (χ4v) is 1.13. The van der Waals surface area contributed by atoms with Crippen LogP contribution in [0.3, 0.4) is 0 Å². The van der Waals surface area contributed by atoms with E-state index in [9.17, 15) is 4.79 Å². The van der Waals surface area contributed by atoms with Gasteiger partial charge >= 0.3 is 0 Å². The van der Waals surface area contributed by atoms with Crippen molar-refractivity contribution in [3.8, 4) is 0 Å². The zero-order valence-corrected chi connectivity index (χ0v) is 5.84. The number of amides is 1. The van der Waals surface area contributed by atoms with Gasteiger partial charge in [-0.05, 0) is 11.5 Å². The Hall–Kier alpha value is -0.810. The summed E-state index contributed by atoms with van der Waals surface area (Å²) in [7, 11) is 0. The van der Waals surface area contributed by atoms with Crippen molar-refractivity contribution in [1.82, 2.24) is 5.48 Å². The van der Waals surface area contributed by atoms with Gasteiger partial charge in [0.15, 0.2) is 5.37 Å². The molecule has 0 aliphatic carbocycles. The lowest BCUT2D eigenvalue weighted by molar-refractivity contribution is -0.128. The Balaban J connectivity index is 2.51. The van der Waals surface area contributed by atoms with Crippen LogP contribution in [0.4, 0.5) is 0 Å². The predicted molar refractivity (Wildman–Crippen MR) is 38.9 cm³/mol. The summed E-state index contributed by atoms with van der Waals surface area (Å²) in [5.74, 6) is -0.495. The largest absolute Gasteiger partial charge is 0.289 e. The highest BCUT2D eigenvalue weighted by molar-refractivity contribution is 8.03. The second kappa shape index (κ2) is 3.38. The summed E-state index contributed by atoms with van der Waals surface area (Å²) >= 11 is 1.25. The lowest BCUT2D eigenvalue weighted by Gasteiger charge is -2.07. The molecule has 0 radical (unpaired) electrons. The Morgan fingerprint density at radius 3 is 3.10 bits per heavy atom. The van der Waals surface area contributed by atoms with Crippen LogP contribution in [0.5, 0.6) is 0 Å². The van der Waals surface area contributed by atoms with Gasteiger partial charge in [0.05, 0.1) is 0 Å². The number of thioether (sulfide) groups is 1. The summed E-state index contributed by atoms with van der Waals surface area (Å²) in [4.78, 5) is 14.4. The number of rotatable bonds is 1. The summed E-state index contributed by atoms with van der Waals surface area (Å²) < 4.78 is 0.